The van der Waals surface area contributed by atoms with Crippen LogP contribution < -0.4 is 4.90 Å². The minimum atomic E-state index is 0.456. The lowest BCUT2D eigenvalue weighted by atomic mass is 9.48. The van der Waals surface area contributed by atoms with Gasteiger partial charge in [0.2, 0.25) is 0 Å². The topological polar surface area (TPSA) is 3.24 Å². The summed E-state index contributed by atoms with van der Waals surface area (Å²) in [6.07, 6.45) is 8.76. The summed E-state index contributed by atoms with van der Waals surface area (Å²) in [7, 11) is 0. The molecule has 0 aliphatic heterocycles. The summed E-state index contributed by atoms with van der Waals surface area (Å²) < 4.78 is 0. The molecule has 4 aliphatic carbocycles. The molecule has 4 saturated carbocycles. The standard InChI is InChI=1S/C50H43N/c1-2-7-38(8-3-1)42-19-25-46(26-20-42)51(49-12-6-10-44-9-4-5-11-48(44)49)47-27-21-43(22-28-47)40-15-13-39(14-16-40)41-17-23-45(24-18-41)50-32-35-29-36(33-50)31-37(30-35)34-50/h1-28,35-37H,29-34H2. The summed E-state index contributed by atoms with van der Waals surface area (Å²) in [6, 6.07) is 62.7. The van der Waals surface area contributed by atoms with Crippen molar-refractivity contribution in [3.05, 3.63) is 175 Å². The van der Waals surface area contributed by atoms with Crippen LogP contribution in [0.2, 0.25) is 0 Å². The molecule has 4 fully saturated rings. The van der Waals surface area contributed by atoms with Crippen molar-refractivity contribution in [1.82, 2.24) is 0 Å². The first-order chi connectivity index (χ1) is 25.2. The van der Waals surface area contributed by atoms with Crippen molar-refractivity contribution in [2.75, 3.05) is 4.90 Å². The third-order valence-corrected chi connectivity index (χ3v) is 12.5. The van der Waals surface area contributed by atoms with Gasteiger partial charge in [-0.3, -0.25) is 0 Å². The first kappa shape index (κ1) is 30.4. The van der Waals surface area contributed by atoms with Crippen LogP contribution in [0.5, 0.6) is 0 Å². The molecule has 0 saturated heterocycles. The van der Waals surface area contributed by atoms with Crippen LogP contribution in [0.1, 0.15) is 44.1 Å². The summed E-state index contributed by atoms with van der Waals surface area (Å²) in [5, 5.41) is 2.47. The molecule has 248 valence electrons. The highest BCUT2D eigenvalue weighted by Gasteiger charge is 2.51. The number of hydrogen-bond acceptors (Lipinski definition) is 1. The third-order valence-electron chi connectivity index (χ3n) is 12.5. The fourth-order valence-corrected chi connectivity index (χ4v) is 10.4. The van der Waals surface area contributed by atoms with E-state index in [1.807, 2.05) is 0 Å². The van der Waals surface area contributed by atoms with E-state index in [2.05, 4.69) is 175 Å². The molecule has 51 heavy (non-hydrogen) atoms. The Hall–Kier alpha value is -5.40. The Morgan fingerprint density at radius 3 is 1.31 bits per heavy atom. The number of anilines is 3. The molecule has 0 radical (unpaired) electrons. The molecule has 0 spiro atoms. The van der Waals surface area contributed by atoms with E-state index in [-0.39, 0.29) is 0 Å². The quantitative estimate of drug-likeness (QED) is 0.165. The highest BCUT2D eigenvalue weighted by Crippen LogP contribution is 2.60. The summed E-state index contributed by atoms with van der Waals surface area (Å²) >= 11 is 0. The Labute approximate surface area is 302 Å². The van der Waals surface area contributed by atoms with Crippen molar-refractivity contribution in [2.45, 2.75) is 43.9 Å². The second-order valence-electron chi connectivity index (χ2n) is 15.6. The van der Waals surface area contributed by atoms with Gasteiger partial charge in [-0.05, 0) is 136 Å². The monoisotopic (exact) mass is 657 g/mol. The molecule has 0 N–H and O–H groups in total. The Bertz CT molecular complexity index is 2260. The average Bonchev–Trinajstić information content (AvgIpc) is 3.19. The molecule has 0 unspecified atom stereocenters. The van der Waals surface area contributed by atoms with Gasteiger partial charge in [0.1, 0.15) is 0 Å². The Morgan fingerprint density at radius 2 is 0.784 bits per heavy atom. The van der Waals surface area contributed by atoms with Crippen LogP contribution in [0.3, 0.4) is 0 Å². The van der Waals surface area contributed by atoms with E-state index in [1.54, 1.807) is 5.56 Å². The lowest BCUT2D eigenvalue weighted by molar-refractivity contribution is -0.00518. The number of nitrogens with zero attached hydrogens (tertiary/aromatic N) is 1. The minimum absolute atomic E-state index is 0.456. The van der Waals surface area contributed by atoms with Crippen molar-refractivity contribution < 1.29 is 0 Å². The van der Waals surface area contributed by atoms with E-state index in [0.717, 1.165) is 29.1 Å². The van der Waals surface area contributed by atoms with Crippen LogP contribution in [0.4, 0.5) is 17.1 Å². The van der Waals surface area contributed by atoms with Crippen molar-refractivity contribution in [2.24, 2.45) is 17.8 Å². The highest BCUT2D eigenvalue weighted by atomic mass is 15.1. The lowest BCUT2D eigenvalue weighted by Crippen LogP contribution is -2.48. The SMILES string of the molecule is c1ccc(-c2ccc(N(c3ccc(-c4ccc(-c5ccc(C67CC8CC(CC(C8)C6)C7)cc5)cc4)cc3)c3cccc4ccccc34)cc2)cc1. The largest absolute Gasteiger partial charge is 0.310 e. The van der Waals surface area contributed by atoms with Gasteiger partial charge in [0.15, 0.2) is 0 Å². The van der Waals surface area contributed by atoms with E-state index in [1.165, 1.54) is 88.4 Å². The summed E-state index contributed by atoms with van der Waals surface area (Å²) in [6.45, 7) is 0. The summed E-state index contributed by atoms with van der Waals surface area (Å²) in [5.74, 6) is 2.93. The maximum absolute atomic E-state index is 2.46. The molecule has 0 atom stereocenters. The normalized spacial score (nSPS) is 21.9. The molecular weight excluding hydrogens is 615 g/mol. The van der Waals surface area contributed by atoms with Crippen LogP contribution in [-0.2, 0) is 5.41 Å². The third kappa shape index (κ3) is 5.56. The lowest BCUT2D eigenvalue weighted by Gasteiger charge is -2.57. The molecular formula is C50H43N. The second kappa shape index (κ2) is 12.4. The Kier molecular flexibility index (Phi) is 7.41. The fraction of sp³-hybridized carbons (Fsp3) is 0.200. The van der Waals surface area contributed by atoms with Crippen molar-refractivity contribution in [1.29, 1.82) is 0 Å². The first-order valence-corrected chi connectivity index (χ1v) is 18.9. The molecule has 1 nitrogen and oxygen atoms in total. The zero-order valence-corrected chi connectivity index (χ0v) is 29.1. The van der Waals surface area contributed by atoms with E-state index in [4.69, 9.17) is 0 Å². The molecule has 0 heterocycles. The van der Waals surface area contributed by atoms with E-state index < -0.39 is 0 Å². The molecule has 4 aliphatic rings. The van der Waals surface area contributed by atoms with Gasteiger partial charge in [-0.15, -0.1) is 0 Å². The number of benzene rings is 7. The zero-order chi connectivity index (χ0) is 33.8. The maximum Gasteiger partial charge on any atom is 0.0540 e. The maximum atomic E-state index is 2.46. The van der Waals surface area contributed by atoms with E-state index in [0.29, 0.717) is 5.41 Å². The van der Waals surface area contributed by atoms with Gasteiger partial charge in [-0.1, -0.05) is 140 Å². The van der Waals surface area contributed by atoms with Gasteiger partial charge in [-0.2, -0.15) is 0 Å². The molecule has 1 heteroatoms. The van der Waals surface area contributed by atoms with Crippen molar-refractivity contribution in [3.63, 3.8) is 0 Å². The molecule has 4 bridgehead atoms. The predicted octanol–water partition coefficient (Wildman–Crippen LogP) is 13.8. The van der Waals surface area contributed by atoms with Gasteiger partial charge in [0.25, 0.3) is 0 Å². The summed E-state index contributed by atoms with van der Waals surface area (Å²) in [5.41, 5.74) is 13.0. The van der Waals surface area contributed by atoms with Crippen LogP contribution in [-0.4, -0.2) is 0 Å². The minimum Gasteiger partial charge on any atom is -0.310 e. The van der Waals surface area contributed by atoms with Gasteiger partial charge in [0.05, 0.1) is 5.69 Å². The number of hydrogen-bond donors (Lipinski definition) is 0. The van der Waals surface area contributed by atoms with Crippen LogP contribution in [0.15, 0.2) is 170 Å². The Morgan fingerprint density at radius 1 is 0.373 bits per heavy atom. The molecule has 11 rings (SSSR count). The van der Waals surface area contributed by atoms with Gasteiger partial charge in [0, 0.05) is 16.8 Å². The van der Waals surface area contributed by atoms with E-state index >= 15 is 0 Å². The van der Waals surface area contributed by atoms with Crippen molar-refractivity contribution >= 4 is 27.8 Å². The molecule has 7 aromatic carbocycles. The molecule has 7 aromatic rings. The van der Waals surface area contributed by atoms with Crippen LogP contribution >= 0.6 is 0 Å². The van der Waals surface area contributed by atoms with E-state index in [9.17, 15) is 0 Å². The Balaban J connectivity index is 0.928. The number of rotatable bonds is 7. The average molecular weight is 658 g/mol. The smallest absolute Gasteiger partial charge is 0.0540 e. The highest BCUT2D eigenvalue weighted by molar-refractivity contribution is 5.99. The first-order valence-electron chi connectivity index (χ1n) is 18.9. The van der Waals surface area contributed by atoms with Gasteiger partial charge < -0.3 is 4.90 Å². The molecule has 0 aromatic heterocycles. The summed E-state index contributed by atoms with van der Waals surface area (Å²) in [4.78, 5) is 2.39. The van der Waals surface area contributed by atoms with Crippen LogP contribution in [0, 0.1) is 17.8 Å². The fourth-order valence-electron chi connectivity index (χ4n) is 10.4. The zero-order valence-electron chi connectivity index (χ0n) is 29.1. The molecule has 0 amide bonds. The van der Waals surface area contributed by atoms with Gasteiger partial charge in [-0.25, -0.2) is 0 Å². The predicted molar refractivity (Wildman–Crippen MR) is 215 cm³/mol. The second-order valence-corrected chi connectivity index (χ2v) is 15.6. The van der Waals surface area contributed by atoms with Crippen LogP contribution in [0.25, 0.3) is 44.2 Å². The van der Waals surface area contributed by atoms with Gasteiger partial charge >= 0.3 is 0 Å². The number of fused-ring (bicyclic) bond motifs is 1. The van der Waals surface area contributed by atoms with Crippen molar-refractivity contribution in [3.8, 4) is 33.4 Å².